The Balaban J connectivity index is 2.00. The third-order valence-electron chi connectivity index (χ3n) is 4.01. The summed E-state index contributed by atoms with van der Waals surface area (Å²) in [6, 6.07) is 13.0. The molecule has 0 aliphatic carbocycles. The number of hydrogen-bond acceptors (Lipinski definition) is 6. The van der Waals surface area contributed by atoms with E-state index in [2.05, 4.69) is 10.5 Å². The highest BCUT2D eigenvalue weighted by atomic mass is 16.6. The predicted octanol–water partition coefficient (Wildman–Crippen LogP) is 1.87. The summed E-state index contributed by atoms with van der Waals surface area (Å²) in [5.74, 6) is 1.02. The Morgan fingerprint density at radius 1 is 1.00 bits per heavy atom. The van der Waals surface area contributed by atoms with E-state index in [1.54, 1.807) is 26.4 Å². The van der Waals surface area contributed by atoms with Crippen molar-refractivity contribution < 1.29 is 19.1 Å². The van der Waals surface area contributed by atoms with E-state index >= 15 is 0 Å². The van der Waals surface area contributed by atoms with Crippen molar-refractivity contribution in [3.8, 4) is 11.5 Å². The third-order valence-corrected chi connectivity index (χ3v) is 4.01. The summed E-state index contributed by atoms with van der Waals surface area (Å²) in [4.78, 5) is 17.3. The second kappa shape index (κ2) is 10.2. The van der Waals surface area contributed by atoms with Crippen LogP contribution in [0.15, 0.2) is 47.6 Å². The summed E-state index contributed by atoms with van der Waals surface area (Å²) < 4.78 is 10.5. The number of hydrogen-bond donors (Lipinski definition) is 2. The highest BCUT2D eigenvalue weighted by molar-refractivity contribution is 6.45. The number of nitrogens with two attached hydrogens (primary N) is 1. The molecule has 0 atom stereocenters. The molecule has 0 spiro atoms. The van der Waals surface area contributed by atoms with Gasteiger partial charge in [0.15, 0.2) is 17.2 Å². The molecule has 0 bridgehead atoms. The van der Waals surface area contributed by atoms with Crippen LogP contribution in [0, 0.1) is 0 Å². The summed E-state index contributed by atoms with van der Waals surface area (Å²) in [5.41, 5.74) is 8.48. The lowest BCUT2D eigenvalue weighted by Gasteiger charge is -2.11. The van der Waals surface area contributed by atoms with E-state index < -0.39 is 0 Å². The molecule has 7 heteroatoms. The van der Waals surface area contributed by atoms with Crippen molar-refractivity contribution in [3.05, 3.63) is 59.2 Å². The molecule has 0 saturated carbocycles. The van der Waals surface area contributed by atoms with Gasteiger partial charge in [-0.25, -0.2) is 0 Å². The van der Waals surface area contributed by atoms with Crippen LogP contribution in [-0.2, 0) is 22.6 Å². The van der Waals surface area contributed by atoms with Crippen LogP contribution in [0.25, 0.3) is 0 Å². The average Bonchev–Trinajstić information content (AvgIpc) is 2.71. The number of rotatable bonds is 9. The summed E-state index contributed by atoms with van der Waals surface area (Å²) in [7, 11) is 4.59. The normalized spacial score (nSPS) is 11.0. The fourth-order valence-corrected chi connectivity index (χ4v) is 2.56. The molecule has 0 heterocycles. The highest BCUT2D eigenvalue weighted by Crippen LogP contribution is 2.27. The molecule has 3 N–H and O–H groups in total. The molecule has 0 unspecified atom stereocenters. The molecule has 0 aromatic heterocycles. The van der Waals surface area contributed by atoms with Crippen molar-refractivity contribution in [3.63, 3.8) is 0 Å². The van der Waals surface area contributed by atoms with Crippen LogP contribution in [0.4, 0.5) is 0 Å². The van der Waals surface area contributed by atoms with Gasteiger partial charge in [0.2, 0.25) is 0 Å². The number of ether oxygens (including phenoxy) is 2. The van der Waals surface area contributed by atoms with E-state index in [1.807, 2.05) is 30.3 Å². The second-order valence-corrected chi connectivity index (χ2v) is 5.72. The number of amides is 1. The Morgan fingerprint density at radius 2 is 1.67 bits per heavy atom. The van der Waals surface area contributed by atoms with Crippen LogP contribution >= 0.6 is 0 Å². The standard InChI is InChI=1S/C20H25N3O4/c1-25-17-9-6-14(12-18(17)26-2)10-11-22-20(24)19(23-27-3)16-7-4-15(13-21)5-8-16/h4-9,12H,10-11,13,21H2,1-3H3,(H,22,24). The summed E-state index contributed by atoms with van der Waals surface area (Å²) >= 11 is 0. The number of oxime groups is 1. The number of benzene rings is 2. The van der Waals surface area contributed by atoms with Crippen LogP contribution in [0.1, 0.15) is 16.7 Å². The minimum atomic E-state index is -0.308. The minimum Gasteiger partial charge on any atom is -0.493 e. The maximum Gasteiger partial charge on any atom is 0.273 e. The molecule has 7 nitrogen and oxygen atoms in total. The Bertz CT molecular complexity index is 788. The van der Waals surface area contributed by atoms with Crippen LogP contribution in [0.3, 0.4) is 0 Å². The Morgan fingerprint density at radius 3 is 2.26 bits per heavy atom. The van der Waals surface area contributed by atoms with Gasteiger partial charge in [0.05, 0.1) is 14.2 Å². The molecule has 0 radical (unpaired) electrons. The highest BCUT2D eigenvalue weighted by Gasteiger charge is 2.15. The first-order chi connectivity index (χ1) is 13.1. The Kier molecular flexibility index (Phi) is 7.63. The quantitative estimate of drug-likeness (QED) is 0.518. The van der Waals surface area contributed by atoms with E-state index in [-0.39, 0.29) is 11.6 Å². The first-order valence-corrected chi connectivity index (χ1v) is 8.52. The topological polar surface area (TPSA) is 95.2 Å². The molecule has 2 rings (SSSR count). The molecule has 0 saturated heterocycles. The summed E-state index contributed by atoms with van der Waals surface area (Å²) in [6.45, 7) is 0.881. The zero-order valence-corrected chi connectivity index (χ0v) is 15.8. The fourth-order valence-electron chi connectivity index (χ4n) is 2.56. The van der Waals surface area contributed by atoms with E-state index in [4.69, 9.17) is 20.0 Å². The third kappa shape index (κ3) is 5.46. The van der Waals surface area contributed by atoms with Gasteiger partial charge in [-0.15, -0.1) is 0 Å². The molecule has 1 amide bonds. The van der Waals surface area contributed by atoms with Crippen molar-refractivity contribution in [2.45, 2.75) is 13.0 Å². The smallest absolute Gasteiger partial charge is 0.273 e. The molecule has 2 aromatic carbocycles. The van der Waals surface area contributed by atoms with Gasteiger partial charge in [-0.1, -0.05) is 35.5 Å². The first-order valence-electron chi connectivity index (χ1n) is 8.52. The van der Waals surface area contributed by atoms with Crippen LogP contribution in [0.2, 0.25) is 0 Å². The van der Waals surface area contributed by atoms with Crippen molar-refractivity contribution in [1.82, 2.24) is 5.32 Å². The van der Waals surface area contributed by atoms with Crippen molar-refractivity contribution in [2.75, 3.05) is 27.9 Å². The van der Waals surface area contributed by atoms with Gasteiger partial charge in [0.1, 0.15) is 7.11 Å². The van der Waals surface area contributed by atoms with Crippen LogP contribution in [-0.4, -0.2) is 39.5 Å². The maximum absolute atomic E-state index is 12.5. The van der Waals surface area contributed by atoms with Gasteiger partial charge in [-0.3, -0.25) is 4.79 Å². The molecule has 0 aliphatic heterocycles. The monoisotopic (exact) mass is 371 g/mol. The minimum absolute atomic E-state index is 0.216. The van der Waals surface area contributed by atoms with E-state index in [9.17, 15) is 4.79 Å². The summed E-state index contributed by atoms with van der Waals surface area (Å²) in [5, 5.41) is 6.73. The van der Waals surface area contributed by atoms with Gasteiger partial charge in [-0.2, -0.15) is 0 Å². The van der Waals surface area contributed by atoms with Crippen molar-refractivity contribution in [2.24, 2.45) is 10.9 Å². The summed E-state index contributed by atoms with van der Waals surface area (Å²) in [6.07, 6.45) is 0.637. The van der Waals surface area contributed by atoms with Gasteiger partial charge >= 0.3 is 0 Å². The SMILES string of the molecule is CON=C(C(=O)NCCc1ccc(OC)c(OC)c1)c1ccc(CN)cc1. The predicted molar refractivity (Wildman–Crippen MR) is 104 cm³/mol. The van der Waals surface area contributed by atoms with E-state index in [1.165, 1.54) is 7.11 Å². The largest absolute Gasteiger partial charge is 0.493 e. The number of methoxy groups -OCH3 is 2. The van der Waals surface area contributed by atoms with Gasteiger partial charge in [0.25, 0.3) is 5.91 Å². The first kappa shape index (κ1) is 20.3. The van der Waals surface area contributed by atoms with Gasteiger partial charge in [-0.05, 0) is 29.7 Å². The lowest BCUT2D eigenvalue weighted by atomic mass is 10.1. The number of carbonyl (C=O) groups is 1. The molecule has 144 valence electrons. The molecular formula is C20H25N3O4. The van der Waals surface area contributed by atoms with Crippen LogP contribution < -0.4 is 20.5 Å². The van der Waals surface area contributed by atoms with Gasteiger partial charge in [0, 0.05) is 18.7 Å². The van der Waals surface area contributed by atoms with Gasteiger partial charge < -0.3 is 25.4 Å². The van der Waals surface area contributed by atoms with Crippen molar-refractivity contribution >= 4 is 11.6 Å². The Labute approximate surface area is 159 Å². The average molecular weight is 371 g/mol. The molecule has 27 heavy (non-hydrogen) atoms. The lowest BCUT2D eigenvalue weighted by molar-refractivity contribution is -0.114. The molecule has 0 aliphatic rings. The molecular weight excluding hydrogens is 346 g/mol. The zero-order chi connectivity index (χ0) is 19.6. The Hall–Kier alpha value is -3.06. The van der Waals surface area contributed by atoms with E-state index in [0.717, 1.165) is 11.1 Å². The number of carbonyl (C=O) groups excluding carboxylic acids is 1. The van der Waals surface area contributed by atoms with Crippen LogP contribution in [0.5, 0.6) is 11.5 Å². The lowest BCUT2D eigenvalue weighted by Crippen LogP contribution is -2.33. The van der Waals surface area contributed by atoms with Crippen molar-refractivity contribution in [1.29, 1.82) is 0 Å². The number of nitrogens with zero attached hydrogens (tertiary/aromatic N) is 1. The van der Waals surface area contributed by atoms with E-state index in [0.29, 0.717) is 36.6 Å². The molecule has 2 aromatic rings. The fraction of sp³-hybridized carbons (Fsp3) is 0.300. The number of nitrogens with one attached hydrogen (secondary N) is 1. The molecule has 0 fully saturated rings. The zero-order valence-electron chi connectivity index (χ0n) is 15.8. The maximum atomic E-state index is 12.5. The second-order valence-electron chi connectivity index (χ2n) is 5.72.